The number of nitrogens with zero attached hydrogens (tertiary/aromatic N) is 2. The van der Waals surface area contributed by atoms with Gasteiger partial charge in [-0.15, -0.1) is 0 Å². The predicted molar refractivity (Wildman–Crippen MR) is 78.2 cm³/mol. The van der Waals surface area contributed by atoms with E-state index in [2.05, 4.69) is 42.8 Å². The van der Waals surface area contributed by atoms with Gasteiger partial charge in [0.05, 0.1) is 0 Å². The van der Waals surface area contributed by atoms with E-state index in [0.717, 1.165) is 11.7 Å². The van der Waals surface area contributed by atoms with Gasteiger partial charge in [-0.2, -0.15) is 0 Å². The average Bonchev–Trinajstić information content (AvgIpc) is 2.40. The summed E-state index contributed by atoms with van der Waals surface area (Å²) in [6.45, 7) is 9.08. The fraction of sp³-hybridized carbons (Fsp3) is 0.688. The van der Waals surface area contributed by atoms with Crippen molar-refractivity contribution in [2.75, 3.05) is 18.0 Å². The zero-order chi connectivity index (χ0) is 13.0. The van der Waals surface area contributed by atoms with E-state index < -0.39 is 0 Å². The summed E-state index contributed by atoms with van der Waals surface area (Å²) in [5, 5.41) is 0. The molecule has 0 aliphatic carbocycles. The molecule has 1 aliphatic heterocycles. The molecule has 2 heterocycles. The number of aromatic nitrogens is 1. The van der Waals surface area contributed by atoms with Gasteiger partial charge in [-0.3, -0.25) is 0 Å². The molecule has 0 N–H and O–H groups in total. The lowest BCUT2D eigenvalue weighted by Crippen LogP contribution is -2.34. The highest BCUT2D eigenvalue weighted by Crippen LogP contribution is 2.25. The van der Waals surface area contributed by atoms with Crippen LogP contribution in [0.5, 0.6) is 0 Å². The molecule has 0 spiro atoms. The number of anilines is 1. The second kappa shape index (κ2) is 6.21. The summed E-state index contributed by atoms with van der Waals surface area (Å²) in [6.07, 6.45) is 7.43. The molecule has 1 aromatic rings. The third-order valence-corrected chi connectivity index (χ3v) is 4.07. The first-order chi connectivity index (χ1) is 8.70. The molecule has 1 fully saturated rings. The van der Waals surface area contributed by atoms with Gasteiger partial charge in [0.1, 0.15) is 5.82 Å². The molecule has 0 atom stereocenters. The van der Waals surface area contributed by atoms with Crippen molar-refractivity contribution in [3.63, 3.8) is 0 Å². The molecule has 1 saturated heterocycles. The molecule has 1 aromatic heterocycles. The van der Waals surface area contributed by atoms with Crippen molar-refractivity contribution >= 4 is 5.82 Å². The highest BCUT2D eigenvalue weighted by Gasteiger charge is 2.19. The number of pyridine rings is 1. The highest BCUT2D eigenvalue weighted by molar-refractivity contribution is 5.40. The summed E-state index contributed by atoms with van der Waals surface area (Å²) in [5.41, 5.74) is 1.33. The predicted octanol–water partition coefficient (Wildman–Crippen LogP) is 4.22. The van der Waals surface area contributed by atoms with E-state index in [1.165, 1.54) is 44.3 Å². The normalized spacial score (nSPS) is 17.4. The van der Waals surface area contributed by atoms with Crippen LogP contribution < -0.4 is 4.90 Å². The van der Waals surface area contributed by atoms with Crippen LogP contribution in [0.1, 0.15) is 57.9 Å². The molecule has 2 rings (SSSR count). The number of hydrogen-bond donors (Lipinski definition) is 0. The maximum absolute atomic E-state index is 4.62. The summed E-state index contributed by atoms with van der Waals surface area (Å²) < 4.78 is 0. The van der Waals surface area contributed by atoms with Gasteiger partial charge in [-0.25, -0.2) is 4.98 Å². The molecule has 0 amide bonds. The Morgan fingerprint density at radius 3 is 2.50 bits per heavy atom. The van der Waals surface area contributed by atoms with Crippen LogP contribution in [0, 0.1) is 5.92 Å². The van der Waals surface area contributed by atoms with Crippen LogP contribution >= 0.6 is 0 Å². The van der Waals surface area contributed by atoms with Gasteiger partial charge in [0.2, 0.25) is 0 Å². The van der Waals surface area contributed by atoms with E-state index in [1.54, 1.807) is 0 Å². The molecule has 1 aliphatic rings. The van der Waals surface area contributed by atoms with Gasteiger partial charge in [-0.1, -0.05) is 39.7 Å². The maximum Gasteiger partial charge on any atom is 0.128 e. The van der Waals surface area contributed by atoms with E-state index in [4.69, 9.17) is 0 Å². The topological polar surface area (TPSA) is 16.1 Å². The lowest BCUT2D eigenvalue weighted by molar-refractivity contribution is 0.377. The van der Waals surface area contributed by atoms with Gasteiger partial charge in [-0.05, 0) is 36.3 Å². The number of piperidine rings is 1. The van der Waals surface area contributed by atoms with Crippen molar-refractivity contribution in [3.05, 3.63) is 23.9 Å². The number of hydrogen-bond acceptors (Lipinski definition) is 2. The van der Waals surface area contributed by atoms with Crippen LogP contribution in [-0.4, -0.2) is 18.1 Å². The van der Waals surface area contributed by atoms with E-state index in [-0.39, 0.29) is 0 Å². The largest absolute Gasteiger partial charge is 0.357 e. The summed E-state index contributed by atoms with van der Waals surface area (Å²) in [7, 11) is 0. The Hall–Kier alpha value is -1.05. The summed E-state index contributed by atoms with van der Waals surface area (Å²) in [6, 6.07) is 4.42. The molecule has 18 heavy (non-hydrogen) atoms. The molecule has 2 heteroatoms. The van der Waals surface area contributed by atoms with Crippen LogP contribution in [0.15, 0.2) is 18.3 Å². The third-order valence-electron chi connectivity index (χ3n) is 4.07. The highest BCUT2D eigenvalue weighted by atomic mass is 15.2. The van der Waals surface area contributed by atoms with Crippen LogP contribution in [0.2, 0.25) is 0 Å². The van der Waals surface area contributed by atoms with Crippen molar-refractivity contribution in [2.45, 2.75) is 52.4 Å². The monoisotopic (exact) mass is 246 g/mol. The Morgan fingerprint density at radius 1 is 1.28 bits per heavy atom. The van der Waals surface area contributed by atoms with Crippen LogP contribution in [-0.2, 0) is 0 Å². The van der Waals surface area contributed by atoms with Crippen molar-refractivity contribution in [1.29, 1.82) is 0 Å². The van der Waals surface area contributed by atoms with Crippen molar-refractivity contribution in [1.82, 2.24) is 4.98 Å². The van der Waals surface area contributed by atoms with Gasteiger partial charge in [0, 0.05) is 19.3 Å². The molecule has 0 unspecified atom stereocenters. The molecule has 0 radical (unpaired) electrons. The average molecular weight is 246 g/mol. The fourth-order valence-corrected chi connectivity index (χ4v) is 2.79. The first-order valence-electron chi connectivity index (χ1n) is 7.41. The Balaban J connectivity index is 1.93. The maximum atomic E-state index is 4.62. The fourth-order valence-electron chi connectivity index (χ4n) is 2.79. The van der Waals surface area contributed by atoms with Crippen molar-refractivity contribution < 1.29 is 0 Å². The first kappa shape index (κ1) is 13.4. The molecule has 100 valence electrons. The second-order valence-corrected chi connectivity index (χ2v) is 5.82. The quantitative estimate of drug-likeness (QED) is 0.790. The van der Waals surface area contributed by atoms with Crippen LogP contribution in [0.4, 0.5) is 5.82 Å². The molecular formula is C16H26N2. The minimum atomic E-state index is 0.571. The van der Waals surface area contributed by atoms with Gasteiger partial charge >= 0.3 is 0 Å². The molecule has 0 aromatic carbocycles. The molecule has 0 bridgehead atoms. The standard InChI is InChI=1S/C16H26N2/c1-4-5-14-8-10-18(11-9-14)16-7-6-15(12-17-16)13(2)3/h6-7,12-14H,4-5,8-11H2,1-3H3. The molecule has 0 saturated carbocycles. The summed E-state index contributed by atoms with van der Waals surface area (Å²) >= 11 is 0. The van der Waals surface area contributed by atoms with E-state index >= 15 is 0 Å². The zero-order valence-electron chi connectivity index (χ0n) is 12.0. The SMILES string of the molecule is CCCC1CCN(c2ccc(C(C)C)cn2)CC1. The Kier molecular flexibility index (Phi) is 4.62. The minimum Gasteiger partial charge on any atom is -0.357 e. The van der Waals surface area contributed by atoms with Gasteiger partial charge in [0.25, 0.3) is 0 Å². The van der Waals surface area contributed by atoms with Crippen LogP contribution in [0.25, 0.3) is 0 Å². The van der Waals surface area contributed by atoms with Gasteiger partial charge < -0.3 is 4.90 Å². The van der Waals surface area contributed by atoms with Crippen molar-refractivity contribution in [2.24, 2.45) is 5.92 Å². The molecular weight excluding hydrogens is 220 g/mol. The van der Waals surface area contributed by atoms with Gasteiger partial charge in [0.15, 0.2) is 0 Å². The Labute approximate surface area is 111 Å². The lowest BCUT2D eigenvalue weighted by atomic mass is 9.92. The summed E-state index contributed by atoms with van der Waals surface area (Å²) in [5.74, 6) is 2.68. The Bertz CT molecular complexity index is 348. The van der Waals surface area contributed by atoms with E-state index in [0.29, 0.717) is 5.92 Å². The third kappa shape index (κ3) is 3.24. The van der Waals surface area contributed by atoms with Crippen molar-refractivity contribution in [3.8, 4) is 0 Å². The Morgan fingerprint density at radius 2 is 2.00 bits per heavy atom. The van der Waals surface area contributed by atoms with E-state index in [1.807, 2.05) is 6.20 Å². The summed E-state index contributed by atoms with van der Waals surface area (Å²) in [4.78, 5) is 7.06. The smallest absolute Gasteiger partial charge is 0.128 e. The zero-order valence-corrected chi connectivity index (χ0v) is 12.0. The first-order valence-corrected chi connectivity index (χ1v) is 7.41. The lowest BCUT2D eigenvalue weighted by Gasteiger charge is -2.32. The molecule has 2 nitrogen and oxygen atoms in total. The minimum absolute atomic E-state index is 0.571. The van der Waals surface area contributed by atoms with Crippen LogP contribution in [0.3, 0.4) is 0 Å². The number of rotatable bonds is 4. The van der Waals surface area contributed by atoms with E-state index in [9.17, 15) is 0 Å². The second-order valence-electron chi connectivity index (χ2n) is 5.82.